The Bertz CT molecular complexity index is 1120. The number of hydrogen-bond donors (Lipinski definition) is 2. The first kappa shape index (κ1) is 20.5. The van der Waals surface area contributed by atoms with Crippen molar-refractivity contribution in [2.24, 2.45) is 0 Å². The van der Waals surface area contributed by atoms with E-state index in [1.165, 1.54) is 33.5 Å². The van der Waals surface area contributed by atoms with E-state index in [9.17, 15) is 20.0 Å². The Hall–Kier alpha value is -3.75. The SMILES string of the molecule is COc1cc2c(cc1OC)[C@H](c1cc(OC)c(O)c([N+](=O)[O-])c1)C1=C(CCCC1=O)N2. The van der Waals surface area contributed by atoms with Crippen molar-refractivity contribution in [1.29, 1.82) is 0 Å². The monoisotopic (exact) mass is 426 g/mol. The third kappa shape index (κ3) is 3.31. The number of fused-ring (bicyclic) bond motifs is 1. The van der Waals surface area contributed by atoms with Crippen LogP contribution in [0.1, 0.15) is 36.3 Å². The Balaban J connectivity index is 2.01. The van der Waals surface area contributed by atoms with Gasteiger partial charge in [0.25, 0.3) is 0 Å². The normalized spacial score (nSPS) is 17.4. The van der Waals surface area contributed by atoms with Crippen LogP contribution in [0.3, 0.4) is 0 Å². The number of carbonyl (C=O) groups excluding carboxylic acids is 1. The highest BCUT2D eigenvalue weighted by Gasteiger charge is 2.37. The number of nitrogens with one attached hydrogen (secondary N) is 1. The van der Waals surface area contributed by atoms with E-state index in [2.05, 4.69) is 5.32 Å². The minimum absolute atomic E-state index is 0.0196. The lowest BCUT2D eigenvalue weighted by Crippen LogP contribution is -2.27. The first-order valence-corrected chi connectivity index (χ1v) is 9.74. The zero-order chi connectivity index (χ0) is 22.3. The molecule has 1 atom stereocenters. The number of benzene rings is 2. The molecule has 1 aliphatic carbocycles. The summed E-state index contributed by atoms with van der Waals surface area (Å²) in [6, 6.07) is 6.38. The minimum atomic E-state index is -0.671. The van der Waals surface area contributed by atoms with Gasteiger partial charge in [-0.1, -0.05) is 0 Å². The molecule has 0 saturated carbocycles. The number of nitro groups is 1. The topological polar surface area (TPSA) is 120 Å². The predicted octanol–water partition coefficient (Wildman–Crippen LogP) is 3.89. The van der Waals surface area contributed by atoms with E-state index in [-0.39, 0.29) is 11.5 Å². The Kier molecular flexibility index (Phi) is 5.18. The summed E-state index contributed by atoms with van der Waals surface area (Å²) >= 11 is 0. The van der Waals surface area contributed by atoms with Crippen molar-refractivity contribution < 1.29 is 29.0 Å². The third-order valence-electron chi connectivity index (χ3n) is 5.72. The summed E-state index contributed by atoms with van der Waals surface area (Å²) in [5.41, 5.74) is 2.78. The number of phenols is 1. The van der Waals surface area contributed by atoms with Crippen LogP contribution in [0.2, 0.25) is 0 Å². The van der Waals surface area contributed by atoms with Gasteiger partial charge in [-0.2, -0.15) is 0 Å². The molecule has 9 heteroatoms. The second-order valence-corrected chi connectivity index (χ2v) is 7.37. The van der Waals surface area contributed by atoms with E-state index < -0.39 is 22.3 Å². The number of hydrogen-bond acceptors (Lipinski definition) is 8. The fraction of sp³-hybridized carbons (Fsp3) is 0.318. The van der Waals surface area contributed by atoms with E-state index >= 15 is 0 Å². The number of aromatic hydroxyl groups is 1. The maximum absolute atomic E-state index is 13.0. The summed E-state index contributed by atoms with van der Waals surface area (Å²) in [5, 5.41) is 25.1. The Morgan fingerprint density at radius 3 is 2.35 bits per heavy atom. The van der Waals surface area contributed by atoms with Crippen molar-refractivity contribution in [3.8, 4) is 23.0 Å². The second kappa shape index (κ2) is 7.82. The number of ketones is 1. The molecule has 0 saturated heterocycles. The zero-order valence-electron chi connectivity index (χ0n) is 17.4. The molecule has 0 spiro atoms. The van der Waals surface area contributed by atoms with Crippen LogP contribution in [0, 0.1) is 10.1 Å². The van der Waals surface area contributed by atoms with Gasteiger partial charge in [0, 0.05) is 41.4 Å². The lowest BCUT2D eigenvalue weighted by atomic mass is 9.75. The number of nitrogens with zero attached hydrogens (tertiary/aromatic N) is 1. The van der Waals surface area contributed by atoms with E-state index in [1.807, 2.05) is 0 Å². The molecule has 4 rings (SSSR count). The van der Waals surface area contributed by atoms with Gasteiger partial charge in [-0.05, 0) is 36.1 Å². The Morgan fingerprint density at radius 2 is 1.71 bits per heavy atom. The Morgan fingerprint density at radius 1 is 1.03 bits per heavy atom. The maximum Gasteiger partial charge on any atom is 0.314 e. The number of Topliss-reactive ketones (excluding diaryl/α,β-unsaturated/α-hetero) is 1. The van der Waals surface area contributed by atoms with Gasteiger partial charge >= 0.3 is 5.69 Å². The summed E-state index contributed by atoms with van der Waals surface area (Å²) in [6.07, 6.45) is 1.80. The molecule has 0 fully saturated rings. The molecular weight excluding hydrogens is 404 g/mol. The lowest BCUT2D eigenvalue weighted by molar-refractivity contribution is -0.386. The molecule has 0 aromatic heterocycles. The number of anilines is 1. The van der Waals surface area contributed by atoms with Crippen LogP contribution in [-0.2, 0) is 4.79 Å². The summed E-state index contributed by atoms with van der Waals surface area (Å²) in [4.78, 5) is 23.9. The van der Waals surface area contributed by atoms with Crippen LogP contribution >= 0.6 is 0 Å². The molecule has 0 radical (unpaired) electrons. The van der Waals surface area contributed by atoms with Crippen LogP contribution in [-0.4, -0.2) is 37.1 Å². The van der Waals surface area contributed by atoms with Crippen molar-refractivity contribution in [2.45, 2.75) is 25.2 Å². The van der Waals surface area contributed by atoms with Crippen LogP contribution in [0.5, 0.6) is 23.0 Å². The van der Waals surface area contributed by atoms with Crippen molar-refractivity contribution >= 4 is 17.2 Å². The summed E-state index contributed by atoms with van der Waals surface area (Å²) < 4.78 is 16.0. The third-order valence-corrected chi connectivity index (χ3v) is 5.72. The Labute approximate surface area is 178 Å². The first-order valence-electron chi connectivity index (χ1n) is 9.74. The average Bonchev–Trinajstić information content (AvgIpc) is 2.77. The van der Waals surface area contributed by atoms with E-state index in [0.29, 0.717) is 41.0 Å². The molecule has 9 nitrogen and oxygen atoms in total. The van der Waals surface area contributed by atoms with Crippen molar-refractivity contribution in [3.63, 3.8) is 0 Å². The average molecular weight is 426 g/mol. The molecule has 0 bridgehead atoms. The molecule has 162 valence electrons. The first-order chi connectivity index (χ1) is 14.9. The zero-order valence-corrected chi connectivity index (χ0v) is 17.4. The number of rotatable bonds is 5. The molecule has 2 N–H and O–H groups in total. The molecule has 0 unspecified atom stereocenters. The van der Waals surface area contributed by atoms with Gasteiger partial charge in [0.2, 0.25) is 5.75 Å². The fourth-order valence-electron chi connectivity index (χ4n) is 4.31. The number of ether oxygens (including phenoxy) is 3. The minimum Gasteiger partial charge on any atom is -0.500 e. The van der Waals surface area contributed by atoms with Crippen molar-refractivity contribution in [1.82, 2.24) is 0 Å². The van der Waals surface area contributed by atoms with Gasteiger partial charge in [-0.25, -0.2) is 0 Å². The highest BCUT2D eigenvalue weighted by molar-refractivity contribution is 6.01. The van der Waals surface area contributed by atoms with Crippen LogP contribution in [0.4, 0.5) is 11.4 Å². The van der Waals surface area contributed by atoms with E-state index in [1.54, 1.807) is 12.1 Å². The summed E-state index contributed by atoms with van der Waals surface area (Å²) in [5.74, 6) is -0.202. The van der Waals surface area contributed by atoms with Gasteiger partial charge in [0.05, 0.1) is 26.3 Å². The van der Waals surface area contributed by atoms with Crippen LogP contribution < -0.4 is 19.5 Å². The van der Waals surface area contributed by atoms with Gasteiger partial charge in [-0.15, -0.1) is 0 Å². The van der Waals surface area contributed by atoms with Gasteiger partial charge in [0.1, 0.15) is 0 Å². The highest BCUT2D eigenvalue weighted by Crippen LogP contribution is 2.50. The number of methoxy groups -OCH3 is 3. The number of nitro benzene ring substituents is 1. The van der Waals surface area contributed by atoms with E-state index in [0.717, 1.165) is 17.8 Å². The molecule has 31 heavy (non-hydrogen) atoms. The maximum atomic E-state index is 13.0. The van der Waals surface area contributed by atoms with Crippen LogP contribution in [0.25, 0.3) is 0 Å². The number of allylic oxidation sites excluding steroid dienone is 2. The predicted molar refractivity (Wildman–Crippen MR) is 112 cm³/mol. The second-order valence-electron chi connectivity index (χ2n) is 7.37. The molecule has 2 aliphatic rings. The standard InChI is InChI=1S/C22H22N2O7/c1-29-17-9-12-14(10-18(17)30-2)23-13-5-4-6-16(25)21(13)20(12)11-7-15(24(27)28)22(26)19(8-11)31-3/h7-10,20,23,26H,4-6H2,1-3H3/t20-/m0/s1. The number of phenolic OH excluding ortho intramolecular Hbond substituents is 1. The van der Waals surface area contributed by atoms with Gasteiger partial charge in [0.15, 0.2) is 23.0 Å². The fourth-order valence-corrected chi connectivity index (χ4v) is 4.31. The van der Waals surface area contributed by atoms with E-state index in [4.69, 9.17) is 14.2 Å². The highest BCUT2D eigenvalue weighted by atomic mass is 16.6. The van der Waals surface area contributed by atoms with Crippen LogP contribution in [0.15, 0.2) is 35.5 Å². The van der Waals surface area contributed by atoms with Gasteiger partial charge in [-0.3, -0.25) is 14.9 Å². The molecule has 2 aromatic carbocycles. The molecule has 0 amide bonds. The molecule has 1 heterocycles. The molecule has 2 aromatic rings. The van der Waals surface area contributed by atoms with Crippen molar-refractivity contribution in [2.75, 3.05) is 26.6 Å². The molecule has 1 aliphatic heterocycles. The summed E-state index contributed by atoms with van der Waals surface area (Å²) in [7, 11) is 4.37. The largest absolute Gasteiger partial charge is 0.500 e. The van der Waals surface area contributed by atoms with Crippen molar-refractivity contribution in [3.05, 3.63) is 56.8 Å². The quantitative estimate of drug-likeness (QED) is 0.546. The molecular formula is C22H22N2O7. The number of carbonyl (C=O) groups is 1. The lowest BCUT2D eigenvalue weighted by Gasteiger charge is -2.34. The van der Waals surface area contributed by atoms with Gasteiger partial charge < -0.3 is 24.6 Å². The summed E-state index contributed by atoms with van der Waals surface area (Å²) in [6.45, 7) is 0. The smallest absolute Gasteiger partial charge is 0.314 e.